The van der Waals surface area contributed by atoms with Crippen LogP contribution in [0.25, 0.3) is 0 Å². The smallest absolute Gasteiger partial charge is 0.0243 e. The van der Waals surface area contributed by atoms with Crippen LogP contribution in [0.3, 0.4) is 0 Å². The van der Waals surface area contributed by atoms with Gasteiger partial charge in [-0.2, -0.15) is 0 Å². The first-order valence-corrected chi connectivity index (χ1v) is 9.52. The van der Waals surface area contributed by atoms with E-state index in [1.807, 2.05) is 0 Å². The molecule has 0 amide bonds. The van der Waals surface area contributed by atoms with Crippen LogP contribution in [0.4, 0.5) is 0 Å². The third kappa shape index (κ3) is 4.83. The molecule has 0 aromatic heterocycles. The first-order chi connectivity index (χ1) is 12.6. The molecule has 1 nitrogen and oxygen atoms in total. The van der Waals surface area contributed by atoms with Gasteiger partial charge in [0.15, 0.2) is 0 Å². The predicted molar refractivity (Wildman–Crippen MR) is 111 cm³/mol. The average molecular weight is 344 g/mol. The Morgan fingerprint density at radius 1 is 0.654 bits per heavy atom. The molecule has 134 valence electrons. The maximum atomic E-state index is 2.54. The fourth-order valence-electron chi connectivity index (χ4n) is 3.59. The van der Waals surface area contributed by atoms with Crippen LogP contribution < -0.4 is 0 Å². The van der Waals surface area contributed by atoms with Crippen LogP contribution in [0.5, 0.6) is 0 Å². The zero-order chi connectivity index (χ0) is 18.4. The van der Waals surface area contributed by atoms with Crippen LogP contribution in [-0.2, 0) is 19.6 Å². The first-order valence-electron chi connectivity index (χ1n) is 9.52. The second-order valence-corrected chi connectivity index (χ2v) is 7.40. The van der Waals surface area contributed by atoms with Crippen molar-refractivity contribution < 1.29 is 0 Å². The largest absolute Gasteiger partial charge is 0.291 e. The number of hydrogen-bond donors (Lipinski definition) is 0. The second kappa shape index (κ2) is 8.82. The molecule has 0 aliphatic heterocycles. The fraction of sp³-hybridized carbons (Fsp3) is 0.280. The molecule has 0 N–H and O–H groups in total. The Bertz CT molecular complexity index is 765. The summed E-state index contributed by atoms with van der Waals surface area (Å²) in [5.41, 5.74) is 7.06. The van der Waals surface area contributed by atoms with E-state index in [-0.39, 0.29) is 0 Å². The summed E-state index contributed by atoms with van der Waals surface area (Å²) in [5.74, 6) is 0.562. The molecule has 0 radical (unpaired) electrons. The quantitative estimate of drug-likeness (QED) is 0.485. The number of benzene rings is 3. The average Bonchev–Trinajstić information content (AvgIpc) is 2.65. The van der Waals surface area contributed by atoms with Crippen LogP contribution in [0.15, 0.2) is 78.9 Å². The number of nitrogens with zero attached hydrogens (tertiary/aromatic N) is 1. The van der Waals surface area contributed by atoms with Gasteiger partial charge in [-0.05, 0) is 40.7 Å². The minimum atomic E-state index is 0.562. The van der Waals surface area contributed by atoms with Crippen molar-refractivity contribution in [1.29, 1.82) is 0 Å². The van der Waals surface area contributed by atoms with E-state index in [1.165, 1.54) is 27.8 Å². The molecule has 0 saturated carbocycles. The van der Waals surface area contributed by atoms with Crippen LogP contribution >= 0.6 is 0 Å². The lowest BCUT2D eigenvalue weighted by Crippen LogP contribution is -2.23. The number of hydrogen-bond acceptors (Lipinski definition) is 1. The Morgan fingerprint density at radius 2 is 1.19 bits per heavy atom. The normalized spacial score (nSPS) is 11.3. The van der Waals surface area contributed by atoms with Crippen LogP contribution in [-0.4, -0.2) is 4.90 Å². The van der Waals surface area contributed by atoms with Gasteiger partial charge in [-0.15, -0.1) is 0 Å². The molecule has 0 bridgehead atoms. The van der Waals surface area contributed by atoms with E-state index < -0.39 is 0 Å². The molecule has 0 unspecified atom stereocenters. The van der Waals surface area contributed by atoms with Crippen molar-refractivity contribution in [1.82, 2.24) is 4.90 Å². The van der Waals surface area contributed by atoms with Crippen molar-refractivity contribution in [3.63, 3.8) is 0 Å². The van der Waals surface area contributed by atoms with Crippen molar-refractivity contribution in [3.05, 3.63) is 107 Å². The van der Waals surface area contributed by atoms with E-state index in [0.29, 0.717) is 5.92 Å². The van der Waals surface area contributed by atoms with E-state index in [9.17, 15) is 0 Å². The molecule has 26 heavy (non-hydrogen) atoms. The highest BCUT2D eigenvalue weighted by Gasteiger charge is 2.12. The third-order valence-corrected chi connectivity index (χ3v) is 5.00. The molecule has 0 spiro atoms. The summed E-state index contributed by atoms with van der Waals surface area (Å²) in [5, 5.41) is 0. The highest BCUT2D eigenvalue weighted by atomic mass is 15.1. The molecule has 3 aromatic rings. The molecular formula is C25H29N. The summed E-state index contributed by atoms with van der Waals surface area (Å²) < 4.78 is 0. The maximum absolute atomic E-state index is 2.54. The highest BCUT2D eigenvalue weighted by Crippen LogP contribution is 2.24. The van der Waals surface area contributed by atoms with Crippen LogP contribution in [0.1, 0.15) is 47.6 Å². The van der Waals surface area contributed by atoms with E-state index in [1.54, 1.807) is 0 Å². The lowest BCUT2D eigenvalue weighted by Gasteiger charge is -2.25. The second-order valence-electron chi connectivity index (χ2n) is 7.40. The molecule has 0 heterocycles. The first kappa shape index (κ1) is 18.4. The van der Waals surface area contributed by atoms with Gasteiger partial charge in [0.1, 0.15) is 0 Å². The van der Waals surface area contributed by atoms with Gasteiger partial charge in [-0.1, -0.05) is 92.7 Å². The Morgan fingerprint density at radius 3 is 1.69 bits per heavy atom. The summed E-state index contributed by atoms with van der Waals surface area (Å²) in [6.45, 7) is 9.71. The summed E-state index contributed by atoms with van der Waals surface area (Å²) in [6, 6.07) is 28.3. The zero-order valence-electron chi connectivity index (χ0n) is 16.2. The molecule has 0 fully saturated rings. The Hall–Kier alpha value is -2.38. The van der Waals surface area contributed by atoms with E-state index >= 15 is 0 Å². The van der Waals surface area contributed by atoms with Gasteiger partial charge in [0.05, 0.1) is 0 Å². The van der Waals surface area contributed by atoms with Gasteiger partial charge < -0.3 is 0 Å². The Balaban J connectivity index is 1.84. The van der Waals surface area contributed by atoms with Gasteiger partial charge in [-0.25, -0.2) is 0 Å². The summed E-state index contributed by atoms with van der Waals surface area (Å²) in [7, 11) is 0. The summed E-state index contributed by atoms with van der Waals surface area (Å²) in [4.78, 5) is 2.54. The maximum Gasteiger partial charge on any atom is 0.0243 e. The van der Waals surface area contributed by atoms with Crippen molar-refractivity contribution in [2.45, 2.75) is 46.3 Å². The SMILES string of the molecule is Cc1c(CN(Cc2ccccc2)Cc2ccccc2)cccc1C(C)C. The van der Waals surface area contributed by atoms with Crippen LogP contribution in [0, 0.1) is 6.92 Å². The molecule has 0 saturated heterocycles. The van der Waals surface area contributed by atoms with Gasteiger partial charge in [0.25, 0.3) is 0 Å². The lowest BCUT2D eigenvalue weighted by atomic mass is 9.94. The Kier molecular flexibility index (Phi) is 6.25. The number of rotatable bonds is 7. The molecular weight excluding hydrogens is 314 g/mol. The van der Waals surface area contributed by atoms with Crippen molar-refractivity contribution in [3.8, 4) is 0 Å². The van der Waals surface area contributed by atoms with Gasteiger partial charge in [-0.3, -0.25) is 4.90 Å². The summed E-state index contributed by atoms with van der Waals surface area (Å²) >= 11 is 0. The highest BCUT2D eigenvalue weighted by molar-refractivity contribution is 5.36. The fourth-order valence-corrected chi connectivity index (χ4v) is 3.59. The van der Waals surface area contributed by atoms with Gasteiger partial charge in [0, 0.05) is 19.6 Å². The minimum absolute atomic E-state index is 0.562. The predicted octanol–water partition coefficient (Wildman–Crippen LogP) is 6.32. The Labute approximate surface area is 158 Å². The summed E-state index contributed by atoms with van der Waals surface area (Å²) in [6.07, 6.45) is 0. The monoisotopic (exact) mass is 343 g/mol. The lowest BCUT2D eigenvalue weighted by molar-refractivity contribution is 0.247. The molecule has 3 aromatic carbocycles. The van der Waals surface area contributed by atoms with Gasteiger partial charge >= 0.3 is 0 Å². The van der Waals surface area contributed by atoms with E-state index in [0.717, 1.165) is 19.6 Å². The topological polar surface area (TPSA) is 3.24 Å². The molecule has 1 heteroatoms. The van der Waals surface area contributed by atoms with Gasteiger partial charge in [0.2, 0.25) is 0 Å². The van der Waals surface area contributed by atoms with Crippen molar-refractivity contribution in [2.24, 2.45) is 0 Å². The molecule has 0 aliphatic carbocycles. The van der Waals surface area contributed by atoms with E-state index in [2.05, 4.69) is 105 Å². The van der Waals surface area contributed by atoms with Crippen molar-refractivity contribution in [2.75, 3.05) is 0 Å². The van der Waals surface area contributed by atoms with Crippen LogP contribution in [0.2, 0.25) is 0 Å². The third-order valence-electron chi connectivity index (χ3n) is 5.00. The van der Waals surface area contributed by atoms with E-state index in [4.69, 9.17) is 0 Å². The molecule has 3 rings (SSSR count). The standard InChI is InChI=1S/C25H29N/c1-20(2)25-16-10-15-24(21(25)3)19-26(17-22-11-6-4-7-12-22)18-23-13-8-5-9-14-23/h4-16,20H,17-19H2,1-3H3. The molecule has 0 aliphatic rings. The minimum Gasteiger partial charge on any atom is -0.291 e. The zero-order valence-corrected chi connectivity index (χ0v) is 16.2. The molecule has 0 atom stereocenters. The van der Waals surface area contributed by atoms with Crippen molar-refractivity contribution >= 4 is 0 Å².